The third kappa shape index (κ3) is 4.64. The van der Waals surface area contributed by atoms with Gasteiger partial charge in [0, 0.05) is 19.2 Å². The minimum atomic E-state index is -0.594. The molecule has 0 radical (unpaired) electrons. The summed E-state index contributed by atoms with van der Waals surface area (Å²) in [6.07, 6.45) is 2.23. The molecule has 1 saturated heterocycles. The van der Waals surface area contributed by atoms with Crippen LogP contribution in [0.25, 0.3) is 11.3 Å². The van der Waals surface area contributed by atoms with Gasteiger partial charge in [-0.25, -0.2) is 4.39 Å². The van der Waals surface area contributed by atoms with Gasteiger partial charge in [0.25, 0.3) is 5.91 Å². The molecule has 2 amide bonds. The molecule has 3 aromatic rings. The number of amides is 2. The van der Waals surface area contributed by atoms with Crippen LogP contribution in [0.1, 0.15) is 35.3 Å². The summed E-state index contributed by atoms with van der Waals surface area (Å²) in [5, 5.41) is 6.80. The van der Waals surface area contributed by atoms with Gasteiger partial charge in [-0.15, -0.1) is 0 Å². The number of nitrogens with one attached hydrogen (secondary N) is 1. The van der Waals surface area contributed by atoms with Crippen molar-refractivity contribution in [3.05, 3.63) is 71.7 Å². The number of aromatic nitrogens is 1. The lowest BCUT2D eigenvalue weighted by molar-refractivity contribution is -0.126. The van der Waals surface area contributed by atoms with Crippen LogP contribution in [0.4, 0.5) is 4.39 Å². The van der Waals surface area contributed by atoms with Crippen molar-refractivity contribution in [2.45, 2.75) is 31.8 Å². The minimum Gasteiger partial charge on any atom is -0.496 e. The van der Waals surface area contributed by atoms with Crippen molar-refractivity contribution in [1.82, 2.24) is 15.4 Å². The number of benzene rings is 2. The molecule has 166 valence electrons. The summed E-state index contributed by atoms with van der Waals surface area (Å²) < 4.78 is 23.8. The molecule has 8 heteroatoms. The van der Waals surface area contributed by atoms with Crippen LogP contribution < -0.4 is 10.1 Å². The van der Waals surface area contributed by atoms with Crippen molar-refractivity contribution in [1.29, 1.82) is 0 Å². The Kier molecular flexibility index (Phi) is 6.49. The first-order chi connectivity index (χ1) is 15.6. The third-order valence-corrected chi connectivity index (χ3v) is 5.55. The van der Waals surface area contributed by atoms with E-state index in [0.29, 0.717) is 30.0 Å². The fourth-order valence-electron chi connectivity index (χ4n) is 3.85. The number of hydrogen-bond acceptors (Lipinski definition) is 5. The topological polar surface area (TPSA) is 84.7 Å². The number of piperidine rings is 1. The summed E-state index contributed by atoms with van der Waals surface area (Å²) in [4.78, 5) is 27.6. The molecule has 7 nitrogen and oxygen atoms in total. The number of para-hydroxylation sites is 1. The maximum atomic E-state index is 13.2. The molecule has 1 fully saturated rings. The van der Waals surface area contributed by atoms with Gasteiger partial charge in [0.2, 0.25) is 5.91 Å². The van der Waals surface area contributed by atoms with Gasteiger partial charge in [-0.1, -0.05) is 29.4 Å². The quantitative estimate of drug-likeness (QED) is 0.634. The number of carbonyl (C=O) groups is 2. The van der Waals surface area contributed by atoms with Crippen molar-refractivity contribution in [3.8, 4) is 17.1 Å². The molecule has 1 N–H and O–H groups in total. The molecule has 1 aromatic heterocycles. The molecule has 2 aromatic carbocycles. The Morgan fingerprint density at radius 1 is 1.19 bits per heavy atom. The number of ether oxygens (including phenoxy) is 1. The summed E-state index contributed by atoms with van der Waals surface area (Å²) >= 11 is 0. The van der Waals surface area contributed by atoms with Gasteiger partial charge >= 0.3 is 0 Å². The van der Waals surface area contributed by atoms with E-state index in [0.717, 1.165) is 18.4 Å². The fourth-order valence-corrected chi connectivity index (χ4v) is 3.85. The average molecular weight is 437 g/mol. The van der Waals surface area contributed by atoms with E-state index in [-0.39, 0.29) is 29.9 Å². The van der Waals surface area contributed by atoms with E-state index in [1.165, 1.54) is 12.1 Å². The van der Waals surface area contributed by atoms with Crippen molar-refractivity contribution in [2.24, 2.45) is 0 Å². The van der Waals surface area contributed by atoms with E-state index in [1.54, 1.807) is 36.3 Å². The summed E-state index contributed by atoms with van der Waals surface area (Å²) in [6, 6.07) is 14.2. The maximum Gasteiger partial charge on any atom is 0.276 e. The van der Waals surface area contributed by atoms with Crippen molar-refractivity contribution >= 4 is 11.8 Å². The number of carbonyl (C=O) groups excluding carboxylic acids is 2. The number of hydrogen-bond donors (Lipinski definition) is 1. The van der Waals surface area contributed by atoms with Gasteiger partial charge in [-0.05, 0) is 49.1 Å². The van der Waals surface area contributed by atoms with Gasteiger partial charge in [-0.3, -0.25) is 9.59 Å². The first-order valence-electron chi connectivity index (χ1n) is 10.5. The lowest BCUT2D eigenvalue weighted by Crippen LogP contribution is -2.51. The van der Waals surface area contributed by atoms with Crippen LogP contribution in [0.15, 0.2) is 59.1 Å². The first kappa shape index (κ1) is 21.5. The highest BCUT2D eigenvalue weighted by Crippen LogP contribution is 2.30. The number of methoxy groups -OCH3 is 1. The summed E-state index contributed by atoms with van der Waals surface area (Å²) in [5.41, 5.74) is 1.62. The Labute approximate surface area is 185 Å². The van der Waals surface area contributed by atoms with Gasteiger partial charge in [0.15, 0.2) is 11.5 Å². The van der Waals surface area contributed by atoms with E-state index in [1.807, 2.05) is 18.2 Å². The molecule has 0 saturated carbocycles. The van der Waals surface area contributed by atoms with Crippen LogP contribution in [-0.4, -0.2) is 41.6 Å². The highest BCUT2D eigenvalue weighted by Gasteiger charge is 2.34. The minimum absolute atomic E-state index is 0.143. The molecule has 1 atom stereocenters. The van der Waals surface area contributed by atoms with Crippen LogP contribution in [0.3, 0.4) is 0 Å². The number of nitrogens with zero attached hydrogens (tertiary/aromatic N) is 2. The van der Waals surface area contributed by atoms with E-state index >= 15 is 0 Å². The first-order valence-corrected chi connectivity index (χ1v) is 10.5. The fraction of sp³-hybridized carbons (Fsp3) is 0.292. The summed E-state index contributed by atoms with van der Waals surface area (Å²) in [5.74, 6) is 0.107. The molecule has 1 aliphatic heterocycles. The second-order valence-corrected chi connectivity index (χ2v) is 7.63. The Hall–Kier alpha value is -3.68. The smallest absolute Gasteiger partial charge is 0.276 e. The van der Waals surface area contributed by atoms with Crippen molar-refractivity contribution in [3.63, 3.8) is 0 Å². The highest BCUT2D eigenvalue weighted by molar-refractivity contribution is 5.97. The van der Waals surface area contributed by atoms with Crippen LogP contribution in [0.5, 0.6) is 5.75 Å². The second kappa shape index (κ2) is 9.64. The van der Waals surface area contributed by atoms with E-state index < -0.39 is 6.04 Å². The molecule has 0 spiro atoms. The van der Waals surface area contributed by atoms with Crippen molar-refractivity contribution < 1.29 is 23.2 Å². The molecule has 32 heavy (non-hydrogen) atoms. The highest BCUT2D eigenvalue weighted by atomic mass is 19.1. The monoisotopic (exact) mass is 437 g/mol. The average Bonchev–Trinajstić information content (AvgIpc) is 3.33. The molecular formula is C24H24FN3O4. The van der Waals surface area contributed by atoms with Gasteiger partial charge in [0.1, 0.15) is 17.6 Å². The predicted molar refractivity (Wildman–Crippen MR) is 115 cm³/mol. The Bertz CT molecular complexity index is 1100. The third-order valence-electron chi connectivity index (χ3n) is 5.55. The van der Waals surface area contributed by atoms with Gasteiger partial charge in [-0.2, -0.15) is 0 Å². The zero-order chi connectivity index (χ0) is 22.5. The number of likely N-dealkylation sites (tertiary alicyclic amines) is 1. The lowest BCUT2D eigenvalue weighted by atomic mass is 10.0. The zero-order valence-corrected chi connectivity index (χ0v) is 17.7. The second-order valence-electron chi connectivity index (χ2n) is 7.63. The molecule has 4 rings (SSSR count). The van der Waals surface area contributed by atoms with Crippen LogP contribution in [0, 0.1) is 5.82 Å². The summed E-state index contributed by atoms with van der Waals surface area (Å²) in [6.45, 7) is 0.726. The van der Waals surface area contributed by atoms with Crippen LogP contribution >= 0.6 is 0 Å². The molecule has 0 bridgehead atoms. The largest absolute Gasteiger partial charge is 0.496 e. The molecule has 0 aliphatic carbocycles. The van der Waals surface area contributed by atoms with Gasteiger partial charge < -0.3 is 19.5 Å². The van der Waals surface area contributed by atoms with E-state index in [9.17, 15) is 14.0 Å². The normalized spacial score (nSPS) is 15.9. The van der Waals surface area contributed by atoms with Crippen LogP contribution in [0.2, 0.25) is 0 Å². The molecule has 0 unspecified atom stereocenters. The standard InChI is InChI=1S/C24H24FN3O4/c1-31-21-8-3-2-6-18(21)22-14-19(27-32-22)24(30)28-13-5-4-7-20(28)23(29)26-15-16-9-11-17(25)12-10-16/h2-3,6,8-12,14,20H,4-5,7,13,15H2,1H3,(H,26,29)/t20-/m1/s1. The molecular weight excluding hydrogens is 413 g/mol. The Morgan fingerprint density at radius 3 is 2.75 bits per heavy atom. The van der Waals surface area contributed by atoms with Crippen LogP contribution in [-0.2, 0) is 11.3 Å². The zero-order valence-electron chi connectivity index (χ0n) is 17.7. The predicted octanol–water partition coefficient (Wildman–Crippen LogP) is 3.80. The maximum absolute atomic E-state index is 13.2. The van der Waals surface area contributed by atoms with Gasteiger partial charge in [0.05, 0.1) is 12.7 Å². The van der Waals surface area contributed by atoms with E-state index in [4.69, 9.17) is 9.26 Å². The number of halogens is 1. The molecule has 2 heterocycles. The lowest BCUT2D eigenvalue weighted by Gasteiger charge is -2.34. The summed E-state index contributed by atoms with van der Waals surface area (Å²) in [7, 11) is 1.56. The van der Waals surface area contributed by atoms with E-state index in [2.05, 4.69) is 10.5 Å². The SMILES string of the molecule is COc1ccccc1-c1cc(C(=O)N2CCCC[C@@H]2C(=O)NCc2ccc(F)cc2)no1. The van der Waals surface area contributed by atoms with Crippen molar-refractivity contribution in [2.75, 3.05) is 13.7 Å². The number of rotatable bonds is 6. The Morgan fingerprint density at radius 2 is 1.97 bits per heavy atom. The Balaban J connectivity index is 1.47. The molecule has 1 aliphatic rings.